The minimum absolute atomic E-state index is 0.0155. The van der Waals surface area contributed by atoms with E-state index in [-0.39, 0.29) is 23.9 Å². The summed E-state index contributed by atoms with van der Waals surface area (Å²) in [4.78, 5) is 16.3. The summed E-state index contributed by atoms with van der Waals surface area (Å²) in [6.45, 7) is 0. The van der Waals surface area contributed by atoms with Gasteiger partial charge in [0, 0.05) is 29.1 Å². The molecule has 1 aliphatic rings. The first kappa shape index (κ1) is 13.8. The molecule has 110 valence electrons. The van der Waals surface area contributed by atoms with Crippen molar-refractivity contribution in [3.05, 3.63) is 35.9 Å². The standard InChI is InChI=1S/C16H19N3O2/c17-12-3-5-13(6-4-12)18-16(21)11-1-7-14-10(9-11)2-8-15(20)19-14/h1-2,7-9,12-13H,3-6,17H2,(H,18,21)(H,19,20)/t12-,13-. The third-order valence-electron chi connectivity index (χ3n) is 4.04. The van der Waals surface area contributed by atoms with E-state index in [1.807, 2.05) is 0 Å². The summed E-state index contributed by atoms with van der Waals surface area (Å²) in [5.41, 5.74) is 7.16. The van der Waals surface area contributed by atoms with Gasteiger partial charge in [-0.1, -0.05) is 0 Å². The third-order valence-corrected chi connectivity index (χ3v) is 4.04. The second-order valence-electron chi connectivity index (χ2n) is 5.66. The molecule has 1 heterocycles. The Labute approximate surface area is 123 Å². The first-order valence-corrected chi connectivity index (χ1v) is 7.28. The molecule has 0 aliphatic heterocycles. The van der Waals surface area contributed by atoms with Gasteiger partial charge in [0.25, 0.3) is 5.91 Å². The van der Waals surface area contributed by atoms with Crippen molar-refractivity contribution < 1.29 is 9.90 Å². The number of carbonyl (C=O) groups excluding carboxylic acids is 1. The van der Waals surface area contributed by atoms with Gasteiger partial charge in [-0.25, -0.2) is 4.98 Å². The maximum Gasteiger partial charge on any atom is 0.251 e. The summed E-state index contributed by atoms with van der Waals surface area (Å²) in [7, 11) is 0. The summed E-state index contributed by atoms with van der Waals surface area (Å²) in [5.74, 6) is -0.0799. The van der Waals surface area contributed by atoms with Crippen molar-refractivity contribution in [1.29, 1.82) is 0 Å². The molecule has 0 spiro atoms. The Bertz CT molecular complexity index is 664. The summed E-state index contributed by atoms with van der Waals surface area (Å²) in [6.07, 6.45) is 3.81. The van der Waals surface area contributed by atoms with E-state index in [9.17, 15) is 9.90 Å². The molecule has 0 radical (unpaired) electrons. The number of hydrogen-bond acceptors (Lipinski definition) is 4. The molecule has 1 saturated carbocycles. The Morgan fingerprint density at radius 3 is 2.71 bits per heavy atom. The van der Waals surface area contributed by atoms with Crippen molar-refractivity contribution in [3.8, 4) is 5.88 Å². The number of fused-ring (bicyclic) bond motifs is 1. The lowest BCUT2D eigenvalue weighted by Crippen LogP contribution is -2.40. The first-order chi connectivity index (χ1) is 10.1. The summed E-state index contributed by atoms with van der Waals surface area (Å²) in [5, 5.41) is 13.3. The van der Waals surface area contributed by atoms with Crippen LogP contribution in [0.25, 0.3) is 10.9 Å². The molecule has 0 bridgehead atoms. The molecule has 1 amide bonds. The van der Waals surface area contributed by atoms with Crippen LogP contribution in [0.2, 0.25) is 0 Å². The number of amides is 1. The Kier molecular flexibility index (Phi) is 3.75. The van der Waals surface area contributed by atoms with E-state index in [0.29, 0.717) is 11.1 Å². The van der Waals surface area contributed by atoms with Gasteiger partial charge < -0.3 is 16.2 Å². The minimum Gasteiger partial charge on any atom is -0.493 e. The zero-order valence-electron chi connectivity index (χ0n) is 11.7. The minimum atomic E-state index is -0.0644. The van der Waals surface area contributed by atoms with Crippen molar-refractivity contribution in [2.24, 2.45) is 5.73 Å². The number of nitrogens with one attached hydrogen (secondary N) is 1. The quantitative estimate of drug-likeness (QED) is 0.786. The van der Waals surface area contributed by atoms with Crippen molar-refractivity contribution in [2.45, 2.75) is 37.8 Å². The molecule has 0 saturated heterocycles. The predicted octanol–water partition coefficient (Wildman–Crippen LogP) is 1.94. The van der Waals surface area contributed by atoms with Crippen LogP contribution in [0.1, 0.15) is 36.0 Å². The van der Waals surface area contributed by atoms with Gasteiger partial charge in [0.15, 0.2) is 0 Å². The maximum absolute atomic E-state index is 12.3. The lowest BCUT2D eigenvalue weighted by atomic mass is 9.91. The van der Waals surface area contributed by atoms with Crippen LogP contribution in [0, 0.1) is 0 Å². The number of benzene rings is 1. The van der Waals surface area contributed by atoms with Gasteiger partial charge >= 0.3 is 0 Å². The molecule has 0 atom stereocenters. The molecule has 5 nitrogen and oxygen atoms in total. The highest BCUT2D eigenvalue weighted by Crippen LogP contribution is 2.19. The zero-order valence-corrected chi connectivity index (χ0v) is 11.7. The van der Waals surface area contributed by atoms with Crippen molar-refractivity contribution in [1.82, 2.24) is 10.3 Å². The van der Waals surface area contributed by atoms with Gasteiger partial charge in [0.2, 0.25) is 5.88 Å². The lowest BCUT2D eigenvalue weighted by Gasteiger charge is -2.26. The van der Waals surface area contributed by atoms with Gasteiger partial charge in [-0.15, -0.1) is 0 Å². The fraction of sp³-hybridized carbons (Fsp3) is 0.375. The Morgan fingerprint density at radius 2 is 1.95 bits per heavy atom. The largest absolute Gasteiger partial charge is 0.493 e. The van der Waals surface area contributed by atoms with Crippen molar-refractivity contribution in [3.63, 3.8) is 0 Å². The predicted molar refractivity (Wildman–Crippen MR) is 81.1 cm³/mol. The van der Waals surface area contributed by atoms with Crippen LogP contribution >= 0.6 is 0 Å². The van der Waals surface area contributed by atoms with Gasteiger partial charge in [-0.05, 0) is 49.9 Å². The van der Waals surface area contributed by atoms with Gasteiger partial charge in [0.05, 0.1) is 5.52 Å². The number of aromatic hydroxyl groups is 1. The molecule has 1 aromatic carbocycles. The Hall–Kier alpha value is -2.14. The number of carbonyl (C=O) groups is 1. The average molecular weight is 285 g/mol. The number of rotatable bonds is 2. The highest BCUT2D eigenvalue weighted by atomic mass is 16.3. The van der Waals surface area contributed by atoms with E-state index >= 15 is 0 Å². The van der Waals surface area contributed by atoms with Crippen LogP contribution in [-0.2, 0) is 0 Å². The van der Waals surface area contributed by atoms with Gasteiger partial charge in [-0.2, -0.15) is 0 Å². The molecular formula is C16H19N3O2. The molecule has 3 rings (SSSR count). The van der Waals surface area contributed by atoms with E-state index in [1.54, 1.807) is 24.3 Å². The normalized spacial score (nSPS) is 22.1. The number of nitrogens with two attached hydrogens (primary N) is 1. The summed E-state index contributed by atoms with van der Waals surface area (Å²) in [6, 6.07) is 9.05. The molecule has 0 unspecified atom stereocenters. The SMILES string of the molecule is N[C@H]1CC[C@H](NC(=O)c2ccc3nc(O)ccc3c2)CC1. The molecule has 1 aromatic heterocycles. The maximum atomic E-state index is 12.3. The molecule has 4 N–H and O–H groups in total. The summed E-state index contributed by atoms with van der Waals surface area (Å²) >= 11 is 0. The monoisotopic (exact) mass is 285 g/mol. The van der Waals surface area contributed by atoms with Crippen LogP contribution in [0.4, 0.5) is 0 Å². The molecule has 5 heteroatoms. The first-order valence-electron chi connectivity index (χ1n) is 7.28. The van der Waals surface area contributed by atoms with Crippen LogP contribution in [0.15, 0.2) is 30.3 Å². The lowest BCUT2D eigenvalue weighted by molar-refractivity contribution is 0.0926. The molecule has 21 heavy (non-hydrogen) atoms. The Morgan fingerprint density at radius 1 is 1.19 bits per heavy atom. The second kappa shape index (κ2) is 5.69. The number of aromatic nitrogens is 1. The zero-order chi connectivity index (χ0) is 14.8. The van der Waals surface area contributed by atoms with E-state index in [0.717, 1.165) is 31.1 Å². The third kappa shape index (κ3) is 3.13. The van der Waals surface area contributed by atoms with Gasteiger partial charge in [0.1, 0.15) is 0 Å². The molecule has 2 aromatic rings. The smallest absolute Gasteiger partial charge is 0.251 e. The van der Waals surface area contributed by atoms with Crippen molar-refractivity contribution in [2.75, 3.05) is 0 Å². The number of hydrogen-bond donors (Lipinski definition) is 3. The topological polar surface area (TPSA) is 88.2 Å². The second-order valence-corrected chi connectivity index (χ2v) is 5.66. The van der Waals surface area contributed by atoms with Crippen LogP contribution in [-0.4, -0.2) is 28.1 Å². The molecular weight excluding hydrogens is 266 g/mol. The van der Waals surface area contributed by atoms with Crippen LogP contribution in [0.3, 0.4) is 0 Å². The highest BCUT2D eigenvalue weighted by Gasteiger charge is 2.20. The van der Waals surface area contributed by atoms with Crippen LogP contribution < -0.4 is 11.1 Å². The molecule has 1 fully saturated rings. The average Bonchev–Trinajstić information content (AvgIpc) is 2.49. The van der Waals surface area contributed by atoms with E-state index in [4.69, 9.17) is 5.73 Å². The fourth-order valence-corrected chi connectivity index (χ4v) is 2.79. The van der Waals surface area contributed by atoms with E-state index in [1.165, 1.54) is 6.07 Å². The van der Waals surface area contributed by atoms with E-state index < -0.39 is 0 Å². The van der Waals surface area contributed by atoms with Gasteiger partial charge in [-0.3, -0.25) is 4.79 Å². The highest BCUT2D eigenvalue weighted by molar-refractivity contribution is 5.98. The van der Waals surface area contributed by atoms with E-state index in [2.05, 4.69) is 10.3 Å². The number of nitrogens with zero attached hydrogens (tertiary/aromatic N) is 1. The fourth-order valence-electron chi connectivity index (χ4n) is 2.79. The van der Waals surface area contributed by atoms with Crippen LogP contribution in [0.5, 0.6) is 5.88 Å². The number of pyridine rings is 1. The summed E-state index contributed by atoms with van der Waals surface area (Å²) < 4.78 is 0. The molecule has 1 aliphatic carbocycles. The Balaban J connectivity index is 1.74. The van der Waals surface area contributed by atoms with Crippen molar-refractivity contribution >= 4 is 16.8 Å².